The van der Waals surface area contributed by atoms with Gasteiger partial charge in [-0.15, -0.1) is 11.3 Å². The molecule has 2 aliphatic heterocycles. The molecule has 2 aromatic rings. The molecule has 2 bridgehead atoms. The fraction of sp³-hybridized carbons (Fsp3) is 0.545. The summed E-state index contributed by atoms with van der Waals surface area (Å²) in [5.41, 5.74) is 2.77. The third-order valence-electron chi connectivity index (χ3n) is 6.69. The van der Waals surface area contributed by atoms with Crippen molar-refractivity contribution in [2.24, 2.45) is 5.92 Å². The van der Waals surface area contributed by atoms with Crippen molar-refractivity contribution in [1.29, 1.82) is 0 Å². The summed E-state index contributed by atoms with van der Waals surface area (Å²) in [6.45, 7) is 2.28. The number of likely N-dealkylation sites (tertiary alicyclic amines) is 1. The first-order chi connectivity index (χ1) is 13.2. The zero-order valence-corrected chi connectivity index (χ0v) is 16.4. The van der Waals surface area contributed by atoms with Crippen LogP contribution in [0.25, 0.3) is 0 Å². The number of rotatable bonds is 2. The van der Waals surface area contributed by atoms with Crippen LogP contribution in [-0.4, -0.2) is 28.5 Å². The van der Waals surface area contributed by atoms with Gasteiger partial charge in [0.2, 0.25) is 0 Å². The SMILES string of the molecule is O=C(c1cccs1)N1C[C@@H]2C[C@H](C1)c1c(C3CCCCC3)ccc(=O)n1C2. The number of nitrogens with zero attached hydrogens (tertiary/aromatic N) is 2. The second kappa shape index (κ2) is 6.93. The van der Waals surface area contributed by atoms with E-state index in [4.69, 9.17) is 0 Å². The lowest BCUT2D eigenvalue weighted by Gasteiger charge is -2.44. The first kappa shape index (κ1) is 17.2. The summed E-state index contributed by atoms with van der Waals surface area (Å²) in [6.07, 6.45) is 7.49. The molecule has 3 aliphatic rings. The van der Waals surface area contributed by atoms with E-state index >= 15 is 0 Å². The van der Waals surface area contributed by atoms with Gasteiger partial charge in [0.25, 0.3) is 11.5 Å². The third-order valence-corrected chi connectivity index (χ3v) is 7.54. The number of hydrogen-bond donors (Lipinski definition) is 0. The van der Waals surface area contributed by atoms with E-state index in [1.165, 1.54) is 54.7 Å². The van der Waals surface area contributed by atoms with Crippen LogP contribution in [0.2, 0.25) is 0 Å². The van der Waals surface area contributed by atoms with Gasteiger partial charge in [-0.2, -0.15) is 0 Å². The maximum Gasteiger partial charge on any atom is 0.263 e. The van der Waals surface area contributed by atoms with Crippen molar-refractivity contribution >= 4 is 17.2 Å². The number of carbonyl (C=O) groups excluding carboxylic acids is 1. The van der Waals surface area contributed by atoms with Gasteiger partial charge in [0.1, 0.15) is 0 Å². The highest BCUT2D eigenvalue weighted by Crippen LogP contribution is 2.42. The van der Waals surface area contributed by atoms with Crippen LogP contribution in [-0.2, 0) is 6.54 Å². The minimum Gasteiger partial charge on any atom is -0.337 e. The first-order valence-electron chi connectivity index (χ1n) is 10.3. The lowest BCUT2D eigenvalue weighted by Crippen LogP contribution is -2.49. The molecule has 1 saturated heterocycles. The van der Waals surface area contributed by atoms with Gasteiger partial charge in [0, 0.05) is 37.3 Å². The molecule has 0 aromatic carbocycles. The van der Waals surface area contributed by atoms with Gasteiger partial charge in [-0.3, -0.25) is 9.59 Å². The topological polar surface area (TPSA) is 42.3 Å². The molecule has 4 heterocycles. The summed E-state index contributed by atoms with van der Waals surface area (Å²) in [5.74, 6) is 1.43. The van der Waals surface area contributed by atoms with Crippen LogP contribution in [0, 0.1) is 5.92 Å². The number of fused-ring (bicyclic) bond motifs is 4. The zero-order chi connectivity index (χ0) is 18.4. The molecule has 0 spiro atoms. The smallest absolute Gasteiger partial charge is 0.263 e. The Morgan fingerprint density at radius 1 is 1.00 bits per heavy atom. The van der Waals surface area contributed by atoms with Crippen molar-refractivity contribution in [3.05, 3.63) is 56.1 Å². The molecule has 0 radical (unpaired) electrons. The van der Waals surface area contributed by atoms with E-state index in [0.717, 1.165) is 30.9 Å². The van der Waals surface area contributed by atoms with Gasteiger partial charge in [-0.25, -0.2) is 0 Å². The number of thiophene rings is 1. The fourth-order valence-corrected chi connectivity index (χ4v) is 6.22. The summed E-state index contributed by atoms with van der Waals surface area (Å²) in [4.78, 5) is 28.4. The molecule has 2 aromatic heterocycles. The molecule has 1 amide bonds. The molecule has 142 valence electrons. The van der Waals surface area contributed by atoms with Crippen molar-refractivity contribution in [3.8, 4) is 0 Å². The van der Waals surface area contributed by atoms with Crippen LogP contribution in [0.1, 0.15) is 71.3 Å². The lowest BCUT2D eigenvalue weighted by atomic mass is 9.76. The Bertz CT molecular complexity index is 896. The number of aromatic nitrogens is 1. The van der Waals surface area contributed by atoms with E-state index < -0.39 is 0 Å². The van der Waals surface area contributed by atoms with Crippen molar-refractivity contribution in [1.82, 2.24) is 9.47 Å². The Balaban J connectivity index is 1.50. The van der Waals surface area contributed by atoms with E-state index in [2.05, 4.69) is 10.6 Å². The second-order valence-corrected chi connectivity index (χ2v) is 9.39. The molecule has 27 heavy (non-hydrogen) atoms. The van der Waals surface area contributed by atoms with E-state index in [-0.39, 0.29) is 11.5 Å². The molecule has 1 aliphatic carbocycles. The molecule has 4 nitrogen and oxygen atoms in total. The average molecular weight is 383 g/mol. The molecule has 2 fully saturated rings. The monoisotopic (exact) mass is 382 g/mol. The quantitative estimate of drug-likeness (QED) is 0.780. The van der Waals surface area contributed by atoms with E-state index in [1.54, 1.807) is 6.07 Å². The van der Waals surface area contributed by atoms with Crippen LogP contribution >= 0.6 is 11.3 Å². The van der Waals surface area contributed by atoms with Gasteiger partial charge in [-0.1, -0.05) is 31.4 Å². The maximum atomic E-state index is 12.9. The molecular formula is C22H26N2O2S. The summed E-state index contributed by atoms with van der Waals surface area (Å²) >= 11 is 1.52. The van der Waals surface area contributed by atoms with Gasteiger partial charge in [-0.05, 0) is 48.1 Å². The van der Waals surface area contributed by atoms with E-state index in [9.17, 15) is 9.59 Å². The summed E-state index contributed by atoms with van der Waals surface area (Å²) in [7, 11) is 0. The Hall–Kier alpha value is -1.88. The van der Waals surface area contributed by atoms with Crippen molar-refractivity contribution in [2.45, 2.75) is 56.9 Å². The van der Waals surface area contributed by atoms with Crippen LogP contribution in [0.4, 0.5) is 0 Å². The summed E-state index contributed by atoms with van der Waals surface area (Å²) in [5, 5.41) is 1.97. The molecule has 5 heteroatoms. The van der Waals surface area contributed by atoms with E-state index in [0.29, 0.717) is 17.8 Å². The predicted octanol–water partition coefficient (Wildman–Crippen LogP) is 4.22. The van der Waals surface area contributed by atoms with Crippen LogP contribution in [0.15, 0.2) is 34.4 Å². The molecule has 0 N–H and O–H groups in total. The Kier molecular flexibility index (Phi) is 4.43. The fourth-order valence-electron chi connectivity index (χ4n) is 5.53. The minimum absolute atomic E-state index is 0.136. The summed E-state index contributed by atoms with van der Waals surface area (Å²) < 4.78 is 2.05. The van der Waals surface area contributed by atoms with Crippen molar-refractivity contribution in [3.63, 3.8) is 0 Å². The van der Waals surface area contributed by atoms with Crippen molar-refractivity contribution in [2.75, 3.05) is 13.1 Å². The zero-order valence-electron chi connectivity index (χ0n) is 15.6. The van der Waals surface area contributed by atoms with Crippen molar-refractivity contribution < 1.29 is 4.79 Å². The molecule has 5 rings (SSSR count). The van der Waals surface area contributed by atoms with Gasteiger partial charge >= 0.3 is 0 Å². The number of amides is 1. The van der Waals surface area contributed by atoms with Crippen LogP contribution in [0.3, 0.4) is 0 Å². The maximum absolute atomic E-state index is 12.9. The number of carbonyl (C=O) groups is 1. The minimum atomic E-state index is 0.136. The highest BCUT2D eigenvalue weighted by molar-refractivity contribution is 7.12. The second-order valence-electron chi connectivity index (χ2n) is 8.44. The van der Waals surface area contributed by atoms with Gasteiger partial charge in [0.05, 0.1) is 4.88 Å². The largest absolute Gasteiger partial charge is 0.337 e. The highest BCUT2D eigenvalue weighted by Gasteiger charge is 2.39. The highest BCUT2D eigenvalue weighted by atomic mass is 32.1. The van der Waals surface area contributed by atoms with Crippen LogP contribution < -0.4 is 5.56 Å². The van der Waals surface area contributed by atoms with Gasteiger partial charge < -0.3 is 9.47 Å². The molecule has 1 saturated carbocycles. The first-order valence-corrected chi connectivity index (χ1v) is 11.1. The van der Waals surface area contributed by atoms with E-state index in [1.807, 2.05) is 22.4 Å². The molecular weight excluding hydrogens is 356 g/mol. The Morgan fingerprint density at radius 3 is 2.63 bits per heavy atom. The average Bonchev–Trinajstić information content (AvgIpc) is 3.23. The number of hydrogen-bond acceptors (Lipinski definition) is 3. The molecule has 2 atom stereocenters. The molecule has 0 unspecified atom stereocenters. The lowest BCUT2D eigenvalue weighted by molar-refractivity contribution is 0.0597. The predicted molar refractivity (Wildman–Crippen MR) is 108 cm³/mol. The van der Waals surface area contributed by atoms with Crippen LogP contribution in [0.5, 0.6) is 0 Å². The number of pyridine rings is 1. The normalized spacial score (nSPS) is 25.3. The number of piperidine rings is 1. The third kappa shape index (κ3) is 3.06. The Labute approximate surface area is 163 Å². The van der Waals surface area contributed by atoms with Gasteiger partial charge in [0.15, 0.2) is 0 Å². The standard InChI is InChI=1S/C22H26N2O2S/c25-20-9-8-18(16-5-2-1-3-6-16)21-17-11-15(13-24(20)21)12-23(14-17)22(26)19-7-4-10-27-19/h4,7-10,15-17H,1-3,5-6,11-14H2/t15-,17+/m0/s1. The summed E-state index contributed by atoms with van der Waals surface area (Å²) in [6, 6.07) is 7.75. The Morgan fingerprint density at radius 2 is 1.85 bits per heavy atom.